The number of aromatic nitrogens is 4. The van der Waals surface area contributed by atoms with Gasteiger partial charge in [0, 0.05) is 30.8 Å². The van der Waals surface area contributed by atoms with Gasteiger partial charge in [-0.25, -0.2) is 19.0 Å². The third kappa shape index (κ3) is 5.02. The van der Waals surface area contributed by atoms with E-state index in [0.29, 0.717) is 52.3 Å². The number of fused-ring (bicyclic) bond motifs is 1. The Kier molecular flexibility index (Phi) is 7.22. The number of hydrogen-bond acceptors (Lipinski definition) is 7. The number of hydrogen-bond donors (Lipinski definition) is 2. The fourth-order valence-electron chi connectivity index (χ4n) is 4.88. The standard InChI is InChI=1S/C28H28FN7O3/c1-3-23(37)35-12-6-7-19(15-35)36-27-24(26(30)32-16-33-27)25(34-36)17-10-11-18(21(29)13-17)14-31-28(38)20-8-4-5-9-22(20)39-2/h3-5,8-11,13,16,19H,1,6-7,12,14-15H2,2H3,(H,31,38)(H2,30,32,33). The van der Waals surface area contributed by atoms with E-state index in [4.69, 9.17) is 15.6 Å². The lowest BCUT2D eigenvalue weighted by Gasteiger charge is -2.32. The van der Waals surface area contributed by atoms with E-state index in [1.165, 1.54) is 25.6 Å². The third-order valence-electron chi connectivity index (χ3n) is 6.86. The van der Waals surface area contributed by atoms with Crippen molar-refractivity contribution >= 4 is 28.7 Å². The topological polar surface area (TPSA) is 128 Å². The maximum absolute atomic E-state index is 15.2. The number of anilines is 1. The first kappa shape index (κ1) is 25.8. The SMILES string of the molecule is C=CC(=O)N1CCCC(n2nc(-c3ccc(CNC(=O)c4ccccc4OC)c(F)c3)c3c(N)ncnc32)C1. The van der Waals surface area contributed by atoms with Crippen LogP contribution in [0.15, 0.2) is 61.4 Å². The van der Waals surface area contributed by atoms with Crippen molar-refractivity contribution in [3.63, 3.8) is 0 Å². The van der Waals surface area contributed by atoms with E-state index in [1.54, 1.807) is 46.0 Å². The molecule has 1 unspecified atom stereocenters. The fraction of sp³-hybridized carbons (Fsp3) is 0.250. The molecule has 0 saturated carbocycles. The largest absolute Gasteiger partial charge is 0.496 e. The molecule has 2 amide bonds. The number of ether oxygens (including phenoxy) is 1. The van der Waals surface area contributed by atoms with Crippen LogP contribution < -0.4 is 15.8 Å². The molecule has 11 heteroatoms. The summed E-state index contributed by atoms with van der Waals surface area (Å²) in [5, 5.41) is 8.04. The van der Waals surface area contributed by atoms with Gasteiger partial charge >= 0.3 is 0 Å². The molecule has 1 saturated heterocycles. The number of methoxy groups -OCH3 is 1. The summed E-state index contributed by atoms with van der Waals surface area (Å²) < 4.78 is 22.2. The van der Waals surface area contributed by atoms with E-state index in [9.17, 15) is 9.59 Å². The molecule has 1 aliphatic heterocycles. The van der Waals surface area contributed by atoms with Crippen molar-refractivity contribution < 1.29 is 18.7 Å². The Morgan fingerprint density at radius 2 is 2.08 bits per heavy atom. The van der Waals surface area contributed by atoms with Crippen molar-refractivity contribution in [2.45, 2.75) is 25.4 Å². The van der Waals surface area contributed by atoms with Gasteiger partial charge in [0.2, 0.25) is 5.91 Å². The number of carbonyl (C=O) groups excluding carboxylic acids is 2. The Hall–Kier alpha value is -4.80. The number of halogens is 1. The molecule has 0 aliphatic carbocycles. The van der Waals surface area contributed by atoms with Crippen molar-refractivity contribution in [1.29, 1.82) is 0 Å². The minimum atomic E-state index is -0.508. The molecule has 1 aliphatic rings. The summed E-state index contributed by atoms with van der Waals surface area (Å²) in [4.78, 5) is 35.1. The van der Waals surface area contributed by atoms with E-state index in [0.717, 1.165) is 12.8 Å². The number of carbonyl (C=O) groups is 2. The number of piperidine rings is 1. The molecule has 200 valence electrons. The van der Waals surface area contributed by atoms with Crippen molar-refractivity contribution in [2.75, 3.05) is 25.9 Å². The molecule has 5 rings (SSSR count). The summed E-state index contributed by atoms with van der Waals surface area (Å²) in [6.07, 6.45) is 4.26. The van der Waals surface area contributed by atoms with Crippen molar-refractivity contribution in [3.05, 3.63) is 78.4 Å². The van der Waals surface area contributed by atoms with Gasteiger partial charge in [-0.1, -0.05) is 30.8 Å². The fourth-order valence-corrected chi connectivity index (χ4v) is 4.88. The summed E-state index contributed by atoms with van der Waals surface area (Å²) >= 11 is 0. The molecule has 3 heterocycles. The van der Waals surface area contributed by atoms with E-state index in [2.05, 4.69) is 21.9 Å². The molecule has 2 aromatic carbocycles. The van der Waals surface area contributed by atoms with Crippen molar-refractivity contribution in [1.82, 2.24) is 30.0 Å². The number of rotatable bonds is 7. The van der Waals surface area contributed by atoms with Gasteiger partial charge < -0.3 is 20.7 Å². The quantitative estimate of drug-likeness (QED) is 0.351. The summed E-state index contributed by atoms with van der Waals surface area (Å²) in [5.74, 6) is -0.359. The monoisotopic (exact) mass is 529 g/mol. The number of nitrogens with zero attached hydrogens (tertiary/aromatic N) is 5. The highest BCUT2D eigenvalue weighted by atomic mass is 19.1. The average Bonchev–Trinajstić information content (AvgIpc) is 3.37. The average molecular weight is 530 g/mol. The highest BCUT2D eigenvalue weighted by Gasteiger charge is 2.28. The van der Waals surface area contributed by atoms with Gasteiger partial charge in [0.25, 0.3) is 5.91 Å². The number of nitrogens with two attached hydrogens (primary N) is 1. The van der Waals surface area contributed by atoms with Crippen molar-refractivity contribution in [2.24, 2.45) is 0 Å². The van der Waals surface area contributed by atoms with Crippen LogP contribution in [-0.2, 0) is 11.3 Å². The summed E-state index contributed by atoms with van der Waals surface area (Å²) in [7, 11) is 1.48. The molecular weight excluding hydrogens is 501 g/mol. The lowest BCUT2D eigenvalue weighted by atomic mass is 10.1. The minimum absolute atomic E-state index is 0.0152. The number of likely N-dealkylation sites (tertiary alicyclic amines) is 1. The van der Waals surface area contributed by atoms with Crippen LogP contribution in [0.2, 0.25) is 0 Å². The highest BCUT2D eigenvalue weighted by molar-refractivity contribution is 5.98. The Bertz CT molecular complexity index is 1570. The number of nitrogens with one attached hydrogen (secondary N) is 1. The van der Waals surface area contributed by atoms with Crippen LogP contribution in [0.1, 0.15) is 34.8 Å². The van der Waals surface area contributed by atoms with Gasteiger partial charge in [0.15, 0.2) is 5.65 Å². The van der Waals surface area contributed by atoms with Crippen LogP contribution in [0.3, 0.4) is 0 Å². The van der Waals surface area contributed by atoms with Gasteiger partial charge in [-0.2, -0.15) is 5.10 Å². The zero-order valence-electron chi connectivity index (χ0n) is 21.4. The van der Waals surface area contributed by atoms with Crippen LogP contribution in [0.4, 0.5) is 10.2 Å². The maximum atomic E-state index is 15.2. The van der Waals surface area contributed by atoms with Gasteiger partial charge in [-0.3, -0.25) is 9.59 Å². The minimum Gasteiger partial charge on any atom is -0.496 e. The Morgan fingerprint density at radius 1 is 1.26 bits per heavy atom. The lowest BCUT2D eigenvalue weighted by molar-refractivity contribution is -0.127. The first-order valence-corrected chi connectivity index (χ1v) is 12.5. The van der Waals surface area contributed by atoms with E-state index < -0.39 is 5.82 Å². The van der Waals surface area contributed by atoms with E-state index in [1.807, 2.05) is 0 Å². The smallest absolute Gasteiger partial charge is 0.255 e. The van der Waals surface area contributed by atoms with Gasteiger partial charge in [0.1, 0.15) is 29.4 Å². The van der Waals surface area contributed by atoms with E-state index in [-0.39, 0.29) is 30.2 Å². The van der Waals surface area contributed by atoms with Crippen LogP contribution in [0.25, 0.3) is 22.3 Å². The molecule has 0 bridgehead atoms. The summed E-state index contributed by atoms with van der Waals surface area (Å²) in [6.45, 7) is 4.66. The number of para-hydroxylation sites is 1. The zero-order valence-corrected chi connectivity index (χ0v) is 21.4. The van der Waals surface area contributed by atoms with Crippen molar-refractivity contribution in [3.8, 4) is 17.0 Å². The Balaban J connectivity index is 1.43. The predicted molar refractivity (Wildman–Crippen MR) is 144 cm³/mol. The molecule has 0 radical (unpaired) electrons. The number of nitrogen functional groups attached to an aromatic ring is 1. The molecule has 1 fully saturated rings. The lowest BCUT2D eigenvalue weighted by Crippen LogP contribution is -2.40. The predicted octanol–water partition coefficient (Wildman–Crippen LogP) is 3.50. The van der Waals surface area contributed by atoms with Gasteiger partial charge in [-0.05, 0) is 37.1 Å². The summed E-state index contributed by atoms with van der Waals surface area (Å²) in [5.41, 5.74) is 8.35. The van der Waals surface area contributed by atoms with Gasteiger partial charge in [0.05, 0.1) is 24.1 Å². The number of amides is 2. The van der Waals surface area contributed by atoms with Gasteiger partial charge in [-0.15, -0.1) is 0 Å². The molecule has 10 nitrogen and oxygen atoms in total. The normalized spacial score (nSPS) is 15.2. The Labute approximate surface area is 224 Å². The van der Waals surface area contributed by atoms with Crippen LogP contribution >= 0.6 is 0 Å². The summed E-state index contributed by atoms with van der Waals surface area (Å²) in [6, 6.07) is 11.4. The number of benzene rings is 2. The molecule has 39 heavy (non-hydrogen) atoms. The Morgan fingerprint density at radius 3 is 2.85 bits per heavy atom. The van der Waals surface area contributed by atoms with Crippen LogP contribution in [0, 0.1) is 5.82 Å². The molecule has 1 atom stereocenters. The van der Waals surface area contributed by atoms with Crippen LogP contribution in [0.5, 0.6) is 5.75 Å². The molecule has 4 aromatic rings. The second-order valence-electron chi connectivity index (χ2n) is 9.22. The second-order valence-corrected chi connectivity index (χ2v) is 9.22. The first-order valence-electron chi connectivity index (χ1n) is 12.5. The van der Waals surface area contributed by atoms with E-state index >= 15 is 4.39 Å². The molecular formula is C28H28FN7O3. The molecule has 3 N–H and O–H groups in total. The first-order chi connectivity index (χ1) is 18.9. The third-order valence-corrected chi connectivity index (χ3v) is 6.86. The molecule has 0 spiro atoms. The van der Waals surface area contributed by atoms with Crippen LogP contribution in [-0.4, -0.2) is 56.7 Å². The maximum Gasteiger partial charge on any atom is 0.255 e. The zero-order chi connectivity index (χ0) is 27.5. The second kappa shape index (κ2) is 10.9. The molecule has 2 aromatic heterocycles. The highest BCUT2D eigenvalue weighted by Crippen LogP contribution is 2.34.